The molecule has 0 amide bonds. The lowest BCUT2D eigenvalue weighted by molar-refractivity contribution is 0.543. The number of rotatable bonds is 4. The van der Waals surface area contributed by atoms with Crippen molar-refractivity contribution in [1.29, 1.82) is 0 Å². The van der Waals surface area contributed by atoms with Gasteiger partial charge in [-0.2, -0.15) is 0 Å². The van der Waals surface area contributed by atoms with Crippen molar-refractivity contribution in [2.45, 2.75) is 26.3 Å². The largest absolute Gasteiger partial charge is 0.312 e. The third-order valence-electron chi connectivity index (χ3n) is 3.18. The number of thiophene rings is 1. The number of aryl methyl sites for hydroxylation is 2. The molecule has 0 aliphatic rings. The summed E-state index contributed by atoms with van der Waals surface area (Å²) in [6, 6.07) is 5.95. The molecule has 0 bridgehead atoms. The van der Waals surface area contributed by atoms with Crippen molar-refractivity contribution >= 4 is 11.3 Å². The molecule has 0 saturated carbocycles. The van der Waals surface area contributed by atoms with E-state index in [1.807, 2.05) is 7.05 Å². The highest BCUT2D eigenvalue weighted by Crippen LogP contribution is 2.30. The van der Waals surface area contributed by atoms with Crippen molar-refractivity contribution < 1.29 is 8.78 Å². The van der Waals surface area contributed by atoms with E-state index >= 15 is 0 Å². The van der Waals surface area contributed by atoms with Crippen LogP contribution in [0.4, 0.5) is 8.78 Å². The summed E-state index contributed by atoms with van der Waals surface area (Å²) in [7, 11) is 1.86. The topological polar surface area (TPSA) is 12.0 Å². The molecule has 4 heteroatoms. The Bertz CT molecular complexity index is 578. The Morgan fingerprint density at radius 2 is 1.95 bits per heavy atom. The molecule has 0 saturated heterocycles. The minimum Gasteiger partial charge on any atom is -0.312 e. The Morgan fingerprint density at radius 1 is 1.21 bits per heavy atom. The van der Waals surface area contributed by atoms with Crippen molar-refractivity contribution in [3.8, 4) is 0 Å². The van der Waals surface area contributed by atoms with Gasteiger partial charge >= 0.3 is 0 Å². The van der Waals surface area contributed by atoms with Gasteiger partial charge in [0.25, 0.3) is 0 Å². The second kappa shape index (κ2) is 5.80. The molecule has 19 heavy (non-hydrogen) atoms. The monoisotopic (exact) mass is 281 g/mol. The van der Waals surface area contributed by atoms with Crippen molar-refractivity contribution in [3.05, 3.63) is 56.8 Å². The summed E-state index contributed by atoms with van der Waals surface area (Å²) in [5.41, 5.74) is 1.75. The zero-order valence-corrected chi connectivity index (χ0v) is 12.1. The maximum atomic E-state index is 13.7. The van der Waals surface area contributed by atoms with E-state index in [9.17, 15) is 8.78 Å². The van der Waals surface area contributed by atoms with Crippen molar-refractivity contribution in [2.75, 3.05) is 7.05 Å². The van der Waals surface area contributed by atoms with Crippen LogP contribution in [0, 0.1) is 25.5 Å². The number of hydrogen-bond donors (Lipinski definition) is 1. The lowest BCUT2D eigenvalue weighted by Gasteiger charge is -2.16. The molecule has 1 aromatic heterocycles. The van der Waals surface area contributed by atoms with Crippen LogP contribution in [0.3, 0.4) is 0 Å². The van der Waals surface area contributed by atoms with Crippen LogP contribution in [0.1, 0.15) is 26.9 Å². The third-order valence-corrected chi connectivity index (χ3v) is 4.45. The predicted octanol–water partition coefficient (Wildman–Crippen LogP) is 4.15. The summed E-state index contributed by atoms with van der Waals surface area (Å²) in [6.07, 6.45) is 0.517. The third kappa shape index (κ3) is 3.19. The average Bonchev–Trinajstić information content (AvgIpc) is 2.68. The molecular formula is C15H17F2NS. The summed E-state index contributed by atoms with van der Waals surface area (Å²) >= 11 is 1.72. The van der Waals surface area contributed by atoms with Crippen LogP contribution in [0.15, 0.2) is 24.3 Å². The fourth-order valence-electron chi connectivity index (χ4n) is 2.24. The maximum Gasteiger partial charge on any atom is 0.129 e. The lowest BCUT2D eigenvalue weighted by Crippen LogP contribution is -2.19. The number of halogens is 2. The zero-order chi connectivity index (χ0) is 14.0. The highest BCUT2D eigenvalue weighted by Gasteiger charge is 2.17. The molecule has 0 aliphatic heterocycles. The summed E-state index contributed by atoms with van der Waals surface area (Å²) in [6.45, 7) is 4.12. The van der Waals surface area contributed by atoms with Gasteiger partial charge in [0.2, 0.25) is 0 Å². The molecule has 2 aromatic rings. The molecule has 0 aliphatic carbocycles. The van der Waals surface area contributed by atoms with E-state index in [2.05, 4.69) is 25.2 Å². The number of likely N-dealkylation sites (N-methyl/N-ethyl adjacent to an activating group) is 1. The van der Waals surface area contributed by atoms with Crippen LogP contribution >= 0.6 is 11.3 Å². The molecule has 1 heterocycles. The smallest absolute Gasteiger partial charge is 0.129 e. The van der Waals surface area contributed by atoms with Crippen molar-refractivity contribution in [2.24, 2.45) is 0 Å². The van der Waals surface area contributed by atoms with E-state index in [1.54, 1.807) is 11.3 Å². The minimum atomic E-state index is -0.537. The molecule has 1 aromatic carbocycles. The summed E-state index contributed by atoms with van der Waals surface area (Å²) in [4.78, 5) is 2.45. The van der Waals surface area contributed by atoms with Gasteiger partial charge in [0.1, 0.15) is 11.6 Å². The standard InChI is InChI=1S/C15H17F2NS/c1-9-6-10(2)19-15(9)14(18-3)7-11-4-5-12(16)8-13(11)17/h4-6,8,14,18H,7H2,1-3H3. The first-order valence-electron chi connectivity index (χ1n) is 6.19. The molecule has 2 rings (SSSR count). The van der Waals surface area contributed by atoms with Crippen molar-refractivity contribution in [1.82, 2.24) is 5.32 Å². The van der Waals surface area contributed by atoms with E-state index in [1.165, 1.54) is 27.5 Å². The molecule has 1 atom stereocenters. The Hall–Kier alpha value is -1.26. The van der Waals surface area contributed by atoms with E-state index in [0.717, 1.165) is 6.07 Å². The maximum absolute atomic E-state index is 13.7. The number of hydrogen-bond acceptors (Lipinski definition) is 2. The Balaban J connectivity index is 2.26. The molecular weight excluding hydrogens is 264 g/mol. The molecule has 1 unspecified atom stereocenters. The number of benzene rings is 1. The van der Waals surface area contributed by atoms with Gasteiger partial charge in [-0.05, 0) is 50.6 Å². The van der Waals surface area contributed by atoms with E-state index in [0.29, 0.717) is 12.0 Å². The lowest BCUT2D eigenvalue weighted by atomic mass is 10.0. The summed E-state index contributed by atoms with van der Waals surface area (Å²) in [5.74, 6) is -1.02. The van der Waals surface area contributed by atoms with Gasteiger partial charge in [0, 0.05) is 21.9 Å². The van der Waals surface area contributed by atoms with Crippen LogP contribution in [-0.4, -0.2) is 7.05 Å². The first-order chi connectivity index (χ1) is 9.01. The SMILES string of the molecule is CNC(Cc1ccc(F)cc1F)c1sc(C)cc1C. The van der Waals surface area contributed by atoms with Gasteiger partial charge in [-0.3, -0.25) is 0 Å². The minimum absolute atomic E-state index is 0.0543. The Morgan fingerprint density at radius 3 is 2.47 bits per heavy atom. The molecule has 0 spiro atoms. The van der Waals surface area contributed by atoms with Gasteiger partial charge in [0.05, 0.1) is 0 Å². The summed E-state index contributed by atoms with van der Waals surface area (Å²) in [5, 5.41) is 3.21. The molecule has 1 N–H and O–H groups in total. The van der Waals surface area contributed by atoms with Crippen LogP contribution < -0.4 is 5.32 Å². The zero-order valence-electron chi connectivity index (χ0n) is 11.3. The molecule has 0 fully saturated rings. The fraction of sp³-hybridized carbons (Fsp3) is 0.333. The Labute approximate surface area is 116 Å². The Kier molecular flexibility index (Phi) is 4.32. The van der Waals surface area contributed by atoms with Gasteiger partial charge in [-0.15, -0.1) is 11.3 Å². The van der Waals surface area contributed by atoms with Crippen LogP contribution in [-0.2, 0) is 6.42 Å². The molecule has 1 nitrogen and oxygen atoms in total. The van der Waals surface area contributed by atoms with E-state index < -0.39 is 11.6 Å². The quantitative estimate of drug-likeness (QED) is 0.888. The molecule has 102 valence electrons. The number of nitrogens with one attached hydrogen (secondary N) is 1. The van der Waals surface area contributed by atoms with Crippen LogP contribution in [0.25, 0.3) is 0 Å². The molecule has 0 radical (unpaired) electrons. The highest BCUT2D eigenvalue weighted by molar-refractivity contribution is 7.12. The highest BCUT2D eigenvalue weighted by atomic mass is 32.1. The second-order valence-electron chi connectivity index (χ2n) is 4.69. The van der Waals surface area contributed by atoms with Crippen molar-refractivity contribution in [3.63, 3.8) is 0 Å². The van der Waals surface area contributed by atoms with Gasteiger partial charge in [0.15, 0.2) is 0 Å². The second-order valence-corrected chi connectivity index (χ2v) is 5.97. The van der Waals surface area contributed by atoms with Gasteiger partial charge < -0.3 is 5.32 Å². The normalized spacial score (nSPS) is 12.7. The van der Waals surface area contributed by atoms with Gasteiger partial charge in [-0.1, -0.05) is 6.07 Å². The summed E-state index contributed by atoms with van der Waals surface area (Å²) < 4.78 is 26.6. The first-order valence-corrected chi connectivity index (χ1v) is 7.01. The van der Waals surface area contributed by atoms with Crippen LogP contribution in [0.5, 0.6) is 0 Å². The van der Waals surface area contributed by atoms with Gasteiger partial charge in [-0.25, -0.2) is 8.78 Å². The van der Waals surface area contributed by atoms with E-state index in [4.69, 9.17) is 0 Å². The fourth-order valence-corrected chi connectivity index (χ4v) is 3.38. The first kappa shape index (κ1) is 14.2. The predicted molar refractivity (Wildman–Crippen MR) is 75.7 cm³/mol. The average molecular weight is 281 g/mol. The van der Waals surface area contributed by atoms with Crippen LogP contribution in [0.2, 0.25) is 0 Å². The van der Waals surface area contributed by atoms with E-state index in [-0.39, 0.29) is 6.04 Å².